The molecule has 0 amide bonds. The number of nitrogens with zero attached hydrogens (tertiary/aromatic N) is 2. The maximum atomic E-state index is 10.6. The molecule has 0 saturated heterocycles. The Morgan fingerprint density at radius 3 is 2.61 bits per heavy atom. The van der Waals surface area contributed by atoms with Crippen molar-refractivity contribution in [2.24, 2.45) is 5.10 Å². The lowest BCUT2D eigenvalue weighted by atomic mass is 9.95. The highest BCUT2D eigenvalue weighted by Crippen LogP contribution is 2.52. The summed E-state index contributed by atoms with van der Waals surface area (Å²) in [6.07, 6.45) is -0.00520. The highest BCUT2D eigenvalue weighted by molar-refractivity contribution is 9.10. The Morgan fingerprint density at radius 1 is 1.10 bits per heavy atom. The molecule has 0 spiro atoms. The number of ether oxygens (including phenoxy) is 2. The molecule has 2 atom stereocenters. The van der Waals surface area contributed by atoms with Crippen LogP contribution in [0.15, 0.2) is 64.2 Å². The second-order valence-electron chi connectivity index (χ2n) is 7.35. The second kappa shape index (κ2) is 7.93. The zero-order valence-corrected chi connectivity index (χ0v) is 19.4. The summed E-state index contributed by atoms with van der Waals surface area (Å²) in [6.45, 7) is 0. The van der Waals surface area contributed by atoms with Crippen molar-refractivity contribution in [2.45, 2.75) is 18.7 Å². The minimum absolute atomic E-state index is 0.119. The summed E-state index contributed by atoms with van der Waals surface area (Å²) in [5.74, 6) is 1.46. The number of fused-ring (bicyclic) bond motifs is 3. The monoisotopic (exact) mass is 518 g/mol. The predicted octanol–water partition coefficient (Wildman–Crippen LogP) is 6.71. The van der Waals surface area contributed by atoms with E-state index in [-0.39, 0.29) is 11.8 Å². The Balaban J connectivity index is 1.63. The van der Waals surface area contributed by atoms with Crippen molar-refractivity contribution in [2.75, 3.05) is 7.11 Å². The number of hydrogen-bond donors (Lipinski definition) is 1. The smallest absolute Gasteiger partial charge is 0.217 e. The van der Waals surface area contributed by atoms with E-state index in [1.165, 1.54) is 0 Å². The van der Waals surface area contributed by atoms with E-state index in [9.17, 15) is 5.11 Å². The lowest BCUT2D eigenvalue weighted by Gasteiger charge is -2.38. The molecule has 2 aliphatic rings. The van der Waals surface area contributed by atoms with E-state index >= 15 is 0 Å². The third kappa shape index (κ3) is 3.63. The molecule has 2 heterocycles. The van der Waals surface area contributed by atoms with Gasteiger partial charge in [0.15, 0.2) is 0 Å². The number of rotatable bonds is 3. The first-order valence-corrected chi connectivity index (χ1v) is 11.1. The predicted molar refractivity (Wildman–Crippen MR) is 124 cm³/mol. The van der Waals surface area contributed by atoms with E-state index in [1.807, 2.05) is 41.4 Å². The number of aromatic hydroxyl groups is 1. The first-order valence-electron chi connectivity index (χ1n) is 9.59. The molecule has 0 bridgehead atoms. The number of halogens is 3. The molecular formula is C23H17BrCl2N2O3. The minimum Gasteiger partial charge on any atom is -0.507 e. The summed E-state index contributed by atoms with van der Waals surface area (Å²) < 4.78 is 12.4. The zero-order chi connectivity index (χ0) is 21.7. The van der Waals surface area contributed by atoms with E-state index in [2.05, 4.69) is 15.9 Å². The molecule has 0 fully saturated rings. The molecule has 8 heteroatoms. The van der Waals surface area contributed by atoms with E-state index in [0.717, 1.165) is 27.1 Å². The molecule has 158 valence electrons. The van der Waals surface area contributed by atoms with Gasteiger partial charge in [-0.3, -0.25) is 0 Å². The highest BCUT2D eigenvalue weighted by atomic mass is 79.9. The number of hydrazone groups is 1. The first-order chi connectivity index (χ1) is 14.9. The third-order valence-corrected chi connectivity index (χ3v) is 6.48. The molecule has 0 unspecified atom stereocenters. The van der Waals surface area contributed by atoms with Crippen molar-refractivity contribution in [1.82, 2.24) is 5.01 Å². The average Bonchev–Trinajstić information content (AvgIpc) is 3.21. The van der Waals surface area contributed by atoms with Gasteiger partial charge in [0, 0.05) is 21.5 Å². The Kier molecular flexibility index (Phi) is 5.24. The lowest BCUT2D eigenvalue weighted by Crippen LogP contribution is -2.34. The van der Waals surface area contributed by atoms with Gasteiger partial charge in [-0.05, 0) is 60.2 Å². The largest absolute Gasteiger partial charge is 0.507 e. The molecule has 0 radical (unpaired) electrons. The van der Waals surface area contributed by atoms with Crippen LogP contribution in [0.4, 0.5) is 0 Å². The van der Waals surface area contributed by atoms with Gasteiger partial charge in [0.1, 0.15) is 17.2 Å². The average molecular weight is 520 g/mol. The summed E-state index contributed by atoms with van der Waals surface area (Å²) in [5.41, 5.74) is 3.35. The van der Waals surface area contributed by atoms with E-state index < -0.39 is 6.23 Å². The fourth-order valence-electron chi connectivity index (χ4n) is 4.00. The molecule has 0 saturated carbocycles. The highest BCUT2D eigenvalue weighted by Gasteiger charge is 2.43. The van der Waals surface area contributed by atoms with Crippen LogP contribution in [0.5, 0.6) is 17.2 Å². The van der Waals surface area contributed by atoms with Crippen LogP contribution in [0.3, 0.4) is 0 Å². The zero-order valence-electron chi connectivity index (χ0n) is 16.3. The number of phenolic OH excluding ortho intramolecular Hbond substituents is 1. The van der Waals surface area contributed by atoms with Crippen LogP contribution in [-0.4, -0.2) is 22.9 Å². The second-order valence-corrected chi connectivity index (χ2v) is 9.11. The molecule has 0 aromatic heterocycles. The summed E-state index contributed by atoms with van der Waals surface area (Å²) in [4.78, 5) is 0. The van der Waals surface area contributed by atoms with Crippen LogP contribution in [0.1, 0.15) is 35.4 Å². The molecule has 5 nitrogen and oxygen atoms in total. The summed E-state index contributed by atoms with van der Waals surface area (Å²) >= 11 is 16.3. The van der Waals surface area contributed by atoms with Crippen molar-refractivity contribution >= 4 is 44.8 Å². The SMILES string of the molecule is COc1ccc(C2=NN3[C@@H](C2)c2cc(Cl)cc(Cl)c2O[C@H]3c2cc(Br)ccc2O)cc1. The fourth-order valence-corrected chi connectivity index (χ4v) is 4.93. The third-order valence-electron chi connectivity index (χ3n) is 5.49. The van der Waals surface area contributed by atoms with Crippen LogP contribution in [-0.2, 0) is 0 Å². The summed E-state index contributed by atoms with van der Waals surface area (Å²) in [7, 11) is 1.64. The lowest BCUT2D eigenvalue weighted by molar-refractivity contribution is -0.0202. The molecule has 1 N–H and O–H groups in total. The number of benzene rings is 3. The van der Waals surface area contributed by atoms with Crippen molar-refractivity contribution in [3.63, 3.8) is 0 Å². The van der Waals surface area contributed by atoms with Crippen LogP contribution in [0.25, 0.3) is 0 Å². The maximum absolute atomic E-state index is 10.6. The minimum atomic E-state index is -0.649. The van der Waals surface area contributed by atoms with E-state index in [4.69, 9.17) is 37.8 Å². The number of hydrogen-bond acceptors (Lipinski definition) is 5. The standard InChI is InChI=1S/C23H17BrCl2N2O3/c1-30-15-5-2-12(3-6-15)19-11-20-16-9-14(25)10-18(26)22(16)31-23(28(20)27-19)17-8-13(24)4-7-21(17)29/h2-10,20,23,29H,11H2,1H3/t20-,23-/m0/s1. The maximum Gasteiger partial charge on any atom is 0.217 e. The molecular weight excluding hydrogens is 503 g/mol. The first kappa shape index (κ1) is 20.5. The van der Waals surface area contributed by atoms with Crippen molar-refractivity contribution in [3.8, 4) is 17.2 Å². The molecule has 5 rings (SSSR count). The van der Waals surface area contributed by atoms with Crippen molar-refractivity contribution in [1.29, 1.82) is 0 Å². The number of phenols is 1. The molecule has 31 heavy (non-hydrogen) atoms. The van der Waals surface area contributed by atoms with Gasteiger partial charge in [-0.1, -0.05) is 39.1 Å². The summed E-state index contributed by atoms with van der Waals surface area (Å²) in [6, 6.07) is 16.4. The Morgan fingerprint density at radius 2 is 1.87 bits per heavy atom. The van der Waals surface area contributed by atoms with Crippen LogP contribution in [0, 0.1) is 0 Å². The molecule has 3 aromatic carbocycles. The van der Waals surface area contributed by atoms with Crippen molar-refractivity contribution in [3.05, 3.63) is 85.8 Å². The summed E-state index contributed by atoms with van der Waals surface area (Å²) in [5, 5.41) is 18.3. The Bertz CT molecular complexity index is 1200. The van der Waals surface area contributed by atoms with Gasteiger partial charge in [-0.15, -0.1) is 0 Å². The fraction of sp³-hybridized carbons (Fsp3) is 0.174. The molecule has 2 aliphatic heterocycles. The normalized spacial score (nSPS) is 19.4. The van der Waals surface area contributed by atoms with Crippen LogP contribution < -0.4 is 9.47 Å². The Hall–Kier alpha value is -2.41. The number of methoxy groups -OCH3 is 1. The molecule has 3 aromatic rings. The van der Waals surface area contributed by atoms with Gasteiger partial charge in [-0.2, -0.15) is 5.10 Å². The Labute approximate surface area is 197 Å². The van der Waals surface area contributed by atoms with Gasteiger partial charge in [0.2, 0.25) is 6.23 Å². The van der Waals surface area contributed by atoms with Gasteiger partial charge >= 0.3 is 0 Å². The van der Waals surface area contributed by atoms with Gasteiger partial charge < -0.3 is 14.6 Å². The van der Waals surface area contributed by atoms with Crippen LogP contribution >= 0.6 is 39.1 Å². The quantitative estimate of drug-likeness (QED) is 0.417. The van der Waals surface area contributed by atoms with E-state index in [0.29, 0.717) is 27.8 Å². The van der Waals surface area contributed by atoms with Gasteiger partial charge in [-0.25, -0.2) is 5.01 Å². The molecule has 0 aliphatic carbocycles. The van der Waals surface area contributed by atoms with Crippen LogP contribution in [0.2, 0.25) is 10.0 Å². The van der Waals surface area contributed by atoms with E-state index in [1.54, 1.807) is 25.3 Å². The topological polar surface area (TPSA) is 54.3 Å². The van der Waals surface area contributed by atoms with Gasteiger partial charge in [0.25, 0.3) is 0 Å². The van der Waals surface area contributed by atoms with Gasteiger partial charge in [0.05, 0.1) is 29.4 Å². The van der Waals surface area contributed by atoms with Crippen molar-refractivity contribution < 1.29 is 14.6 Å².